The highest BCUT2D eigenvalue weighted by molar-refractivity contribution is 6.06. The van der Waals surface area contributed by atoms with Gasteiger partial charge in [-0.2, -0.15) is 0 Å². The van der Waals surface area contributed by atoms with Crippen molar-refractivity contribution in [1.29, 1.82) is 0 Å². The minimum Gasteiger partial charge on any atom is -0.432 e. The molecule has 0 saturated carbocycles. The van der Waals surface area contributed by atoms with E-state index in [-0.39, 0.29) is 99.3 Å². The Morgan fingerprint density at radius 1 is 0.557 bits per heavy atom. The molecule has 6 amide bonds. The summed E-state index contributed by atoms with van der Waals surface area (Å²) in [5.41, 5.74) is 8.81. The molecule has 4 aromatic carbocycles. The largest absolute Gasteiger partial charge is 0.533 e. The Kier molecular flexibility index (Phi) is 23.4. The van der Waals surface area contributed by atoms with Gasteiger partial charge in [-0.25, -0.2) is 4.79 Å². The maximum atomic E-state index is 13.2. The van der Waals surface area contributed by atoms with Crippen LogP contribution in [0.5, 0.6) is 0 Å². The van der Waals surface area contributed by atoms with Crippen LogP contribution in [-0.4, -0.2) is 131 Å². The zero-order chi connectivity index (χ0) is 56.8. The number of hydrogen-bond donors (Lipinski definition) is 5. The van der Waals surface area contributed by atoms with Gasteiger partial charge >= 0.3 is 6.16 Å². The van der Waals surface area contributed by atoms with Crippen LogP contribution >= 0.6 is 0 Å². The number of amides is 6. The van der Waals surface area contributed by atoms with Gasteiger partial charge in [-0.05, 0) is 101 Å². The smallest absolute Gasteiger partial charge is 0.432 e. The summed E-state index contributed by atoms with van der Waals surface area (Å²) >= 11 is 0. The molecule has 0 bridgehead atoms. The van der Waals surface area contributed by atoms with Gasteiger partial charge in [0.1, 0.15) is 6.61 Å². The van der Waals surface area contributed by atoms with Gasteiger partial charge in [0.25, 0.3) is 11.8 Å². The maximum Gasteiger partial charge on any atom is 0.533 e. The first-order valence-corrected chi connectivity index (χ1v) is 26.7. The second kappa shape index (κ2) is 30.5. The van der Waals surface area contributed by atoms with E-state index < -0.39 is 23.9 Å². The number of anilines is 2. The molecule has 20 nitrogen and oxygen atoms in total. The fraction of sp³-hybridized carbons (Fsp3) is 0.441. The lowest BCUT2D eigenvalue weighted by atomic mass is 9.93. The van der Waals surface area contributed by atoms with E-state index in [1.807, 2.05) is 55.5 Å². The third-order valence-electron chi connectivity index (χ3n) is 13.5. The molecule has 422 valence electrons. The number of rotatable bonds is 29. The Balaban J connectivity index is 0.000000262. The van der Waals surface area contributed by atoms with Crippen molar-refractivity contribution >= 4 is 64.5 Å². The van der Waals surface area contributed by atoms with E-state index >= 15 is 0 Å². The molecule has 0 aromatic heterocycles. The summed E-state index contributed by atoms with van der Waals surface area (Å²) in [4.78, 5) is 116. The van der Waals surface area contributed by atoms with Gasteiger partial charge in [-0.3, -0.25) is 43.2 Å². The molecule has 2 unspecified atom stereocenters. The Labute approximate surface area is 459 Å². The summed E-state index contributed by atoms with van der Waals surface area (Å²) in [6.07, 6.45) is 3.16. The number of aliphatic hydroxyl groups excluding tert-OH is 1. The Morgan fingerprint density at radius 2 is 1.03 bits per heavy atom. The first kappa shape index (κ1) is 60.6. The number of nitrogens with zero attached hydrogens (tertiary/aromatic N) is 1. The number of ketones is 2. The molecule has 1 fully saturated rings. The van der Waals surface area contributed by atoms with E-state index in [0.717, 1.165) is 45.4 Å². The number of imide groups is 1. The van der Waals surface area contributed by atoms with Crippen LogP contribution in [0.15, 0.2) is 72.8 Å². The molecule has 7 rings (SSSR count). The van der Waals surface area contributed by atoms with Gasteiger partial charge < -0.3 is 45.3 Å². The first-order valence-electron chi connectivity index (χ1n) is 26.7. The van der Waals surface area contributed by atoms with E-state index in [1.165, 1.54) is 0 Å². The van der Waals surface area contributed by atoms with Crippen molar-refractivity contribution in [2.45, 2.75) is 102 Å². The van der Waals surface area contributed by atoms with Crippen molar-refractivity contribution in [3.8, 4) is 22.3 Å². The number of benzene rings is 4. The fourth-order valence-corrected chi connectivity index (χ4v) is 9.74. The highest BCUT2D eigenvalue weighted by Crippen LogP contribution is 2.49. The average molecular weight is 1090 g/mol. The summed E-state index contributed by atoms with van der Waals surface area (Å²) in [5, 5.41) is 21.8. The number of nitrogens with one attached hydrogen (secondary N) is 4. The lowest BCUT2D eigenvalue weighted by Crippen LogP contribution is -2.32. The van der Waals surface area contributed by atoms with Crippen molar-refractivity contribution in [2.24, 2.45) is 0 Å². The topological polar surface area (TPSA) is 271 Å². The highest BCUT2D eigenvalue weighted by atomic mass is 16.8. The molecule has 1 aliphatic heterocycles. The zero-order valence-electron chi connectivity index (χ0n) is 45.3. The van der Waals surface area contributed by atoms with Crippen molar-refractivity contribution < 1.29 is 72.0 Å². The van der Waals surface area contributed by atoms with E-state index in [9.17, 15) is 48.3 Å². The van der Waals surface area contributed by atoms with Crippen molar-refractivity contribution in [2.75, 3.05) is 78.1 Å². The predicted octanol–water partition coefficient (Wildman–Crippen LogP) is 7.53. The van der Waals surface area contributed by atoms with Gasteiger partial charge in [0.05, 0.1) is 13.2 Å². The van der Waals surface area contributed by atoms with Crippen LogP contribution in [0.2, 0.25) is 0 Å². The van der Waals surface area contributed by atoms with Crippen LogP contribution in [0.4, 0.5) is 16.2 Å². The Morgan fingerprint density at radius 3 is 1.51 bits per heavy atom. The molecule has 0 spiro atoms. The third kappa shape index (κ3) is 16.4. The third-order valence-corrected chi connectivity index (χ3v) is 13.5. The van der Waals surface area contributed by atoms with Gasteiger partial charge in [0.15, 0.2) is 11.6 Å². The van der Waals surface area contributed by atoms with Crippen molar-refractivity contribution in [3.63, 3.8) is 0 Å². The number of hydroxylamine groups is 2. The summed E-state index contributed by atoms with van der Waals surface area (Å²) < 4.78 is 20.4. The fourth-order valence-electron chi connectivity index (χ4n) is 9.74. The minimum absolute atomic E-state index is 0.0444. The summed E-state index contributed by atoms with van der Waals surface area (Å²) in [6, 6.07) is 21.9. The number of Topliss-reactive ketones (excluding diaryl/α,β-unsaturated/α-hetero) is 2. The number of fused-ring (bicyclic) bond motifs is 6. The monoisotopic (exact) mass is 1090 g/mol. The van der Waals surface area contributed by atoms with Gasteiger partial charge in [-0.15, -0.1) is 0 Å². The SMILES string of the molecule is CCCNC(=O)CCCC(=O)Nc1ccc2c(c1)C(COC(=O)ON1C(=O)CCC1=O)c1cccc(C(=O)CCCOC)c1-2.COCCCC(=O)c1cccc2c1-c1ccc(NC(=O)CCCC(=O)NCCOC)cc1C2CO. The molecule has 5 N–H and O–H groups in total. The summed E-state index contributed by atoms with van der Waals surface area (Å²) in [6.45, 7) is 4.13. The number of carbonyl (C=O) groups excluding carboxylic acids is 9. The van der Waals surface area contributed by atoms with Gasteiger partial charge in [0, 0.05) is 133 Å². The standard InChI is InChI=1S/C32H37N3O9.C27H34N2O6/c1-3-16-33-27(37)10-5-11-28(38)34-20-12-13-22-24(18-20)25(19-43-32(41)44-35-29(39)14-15-30(35)40)21-7-4-8-23(31(21)22)26(36)9-6-17-42-2;1-34-14-5-8-24(31)21-7-3-6-19-23(17-30)22-16-18(11-12-20(22)27(19)21)29-26(33)10-4-9-25(32)28-13-15-35-2/h4,7-8,12-13,18,25H,3,5-6,9-11,14-17,19H2,1-2H3,(H,33,37)(H,34,38);3,6-7,11-12,16,23,30H,4-5,8-10,13-15,17H2,1-2H3,(H,28,32)(H,29,33). The van der Waals surface area contributed by atoms with Gasteiger partial charge in [-0.1, -0.05) is 60.5 Å². The number of methoxy groups -OCH3 is 3. The number of carbonyl (C=O) groups is 9. The quantitative estimate of drug-likeness (QED) is 0.0152. The first-order chi connectivity index (χ1) is 38.2. The lowest BCUT2D eigenvalue weighted by Gasteiger charge is -2.17. The molecule has 79 heavy (non-hydrogen) atoms. The van der Waals surface area contributed by atoms with Crippen molar-refractivity contribution in [1.82, 2.24) is 15.7 Å². The number of ether oxygens (including phenoxy) is 4. The van der Waals surface area contributed by atoms with Crippen LogP contribution in [0.3, 0.4) is 0 Å². The molecular formula is C59H71N5O15. The van der Waals surface area contributed by atoms with Crippen LogP contribution in [0.25, 0.3) is 22.3 Å². The highest BCUT2D eigenvalue weighted by Gasteiger charge is 2.37. The molecule has 3 aliphatic rings. The average Bonchev–Trinajstić information content (AvgIpc) is 4.25. The molecule has 1 saturated heterocycles. The molecule has 20 heteroatoms. The normalized spacial score (nSPS) is 14.5. The molecule has 1 heterocycles. The molecule has 2 aliphatic carbocycles. The van der Waals surface area contributed by atoms with E-state index in [1.54, 1.807) is 45.6 Å². The molecular weight excluding hydrogens is 1020 g/mol. The molecule has 2 atom stereocenters. The van der Waals surface area contributed by atoms with Crippen LogP contribution < -0.4 is 21.3 Å². The maximum absolute atomic E-state index is 13.2. The van der Waals surface area contributed by atoms with E-state index in [2.05, 4.69) is 21.3 Å². The van der Waals surface area contributed by atoms with E-state index in [4.69, 9.17) is 23.8 Å². The second-order valence-corrected chi connectivity index (χ2v) is 19.2. The zero-order valence-corrected chi connectivity index (χ0v) is 45.3. The lowest BCUT2D eigenvalue weighted by molar-refractivity contribution is -0.177. The van der Waals surface area contributed by atoms with Crippen molar-refractivity contribution in [3.05, 3.63) is 106 Å². The summed E-state index contributed by atoms with van der Waals surface area (Å²) in [7, 11) is 4.76. The van der Waals surface area contributed by atoms with Crippen LogP contribution in [-0.2, 0) is 52.6 Å². The van der Waals surface area contributed by atoms with Crippen LogP contribution in [0, 0.1) is 0 Å². The van der Waals surface area contributed by atoms with E-state index in [0.29, 0.717) is 98.1 Å². The number of hydrogen-bond acceptors (Lipinski definition) is 15. The van der Waals surface area contributed by atoms with Crippen LogP contribution in [0.1, 0.15) is 145 Å². The Bertz CT molecular complexity index is 2850. The molecule has 4 aromatic rings. The number of aliphatic hydroxyl groups is 1. The predicted molar refractivity (Wildman–Crippen MR) is 292 cm³/mol. The Hall–Kier alpha value is -7.65. The molecule has 0 radical (unpaired) electrons. The van der Waals surface area contributed by atoms with Gasteiger partial charge in [0.2, 0.25) is 23.6 Å². The summed E-state index contributed by atoms with van der Waals surface area (Å²) in [5.74, 6) is -2.68. The second-order valence-electron chi connectivity index (χ2n) is 19.2. The minimum atomic E-state index is -1.21.